The Balaban J connectivity index is 1.38. The Morgan fingerprint density at radius 1 is 1.11 bits per heavy atom. The fourth-order valence-electron chi connectivity index (χ4n) is 4.14. The number of amides is 1. The number of aromatic nitrogens is 4. The molecule has 9 nitrogen and oxygen atoms in total. The lowest BCUT2D eigenvalue weighted by molar-refractivity contribution is -0.130. The lowest BCUT2D eigenvalue weighted by Gasteiger charge is -2.19. The average Bonchev–Trinajstić information content (AvgIpc) is 3.63. The number of benzene rings is 2. The zero-order valence-electron chi connectivity index (χ0n) is 19.6. The number of hydrogen-bond donors (Lipinski definition) is 0. The van der Waals surface area contributed by atoms with Gasteiger partial charge < -0.3 is 9.15 Å². The SMILES string of the molecule is COc1ccc(C2=NN(C(=O)CSc3nnnn3-c3c(C)cccc3C)C(c3ccco3)C2)cc1. The molecular formula is C25H24N6O3S. The quantitative estimate of drug-likeness (QED) is 0.357. The van der Waals surface area contributed by atoms with Crippen molar-refractivity contribution in [3.05, 3.63) is 83.3 Å². The number of hydrazone groups is 1. The maximum absolute atomic E-state index is 13.4. The molecule has 35 heavy (non-hydrogen) atoms. The molecule has 0 bridgehead atoms. The molecule has 1 unspecified atom stereocenters. The zero-order chi connectivity index (χ0) is 24.4. The summed E-state index contributed by atoms with van der Waals surface area (Å²) in [5, 5.41) is 18.9. The maximum Gasteiger partial charge on any atom is 0.253 e. The van der Waals surface area contributed by atoms with Crippen LogP contribution in [-0.4, -0.2) is 49.7 Å². The molecular weight excluding hydrogens is 464 g/mol. The van der Waals surface area contributed by atoms with E-state index in [2.05, 4.69) is 20.6 Å². The van der Waals surface area contributed by atoms with Crippen molar-refractivity contribution in [2.24, 2.45) is 5.10 Å². The van der Waals surface area contributed by atoms with Crippen molar-refractivity contribution in [2.45, 2.75) is 31.5 Å². The highest BCUT2D eigenvalue weighted by molar-refractivity contribution is 7.99. The van der Waals surface area contributed by atoms with Gasteiger partial charge in [-0.25, -0.2) is 5.01 Å². The summed E-state index contributed by atoms with van der Waals surface area (Å²) < 4.78 is 12.6. The van der Waals surface area contributed by atoms with Gasteiger partial charge in [0.15, 0.2) is 0 Å². The predicted octanol–water partition coefficient (Wildman–Crippen LogP) is 4.35. The van der Waals surface area contributed by atoms with Crippen LogP contribution in [0, 0.1) is 13.8 Å². The first-order chi connectivity index (χ1) is 17.0. The van der Waals surface area contributed by atoms with Gasteiger partial charge in [-0.3, -0.25) is 4.79 Å². The Morgan fingerprint density at radius 2 is 1.89 bits per heavy atom. The molecule has 0 saturated heterocycles. The molecule has 4 aromatic rings. The molecule has 2 aromatic heterocycles. The summed E-state index contributed by atoms with van der Waals surface area (Å²) in [5.41, 5.74) is 4.77. The molecule has 10 heteroatoms. The minimum atomic E-state index is -0.315. The van der Waals surface area contributed by atoms with Crippen molar-refractivity contribution in [3.8, 4) is 11.4 Å². The molecule has 2 aromatic carbocycles. The minimum absolute atomic E-state index is 0.127. The van der Waals surface area contributed by atoms with E-state index in [1.165, 1.54) is 16.8 Å². The molecule has 1 aliphatic heterocycles. The van der Waals surface area contributed by atoms with Gasteiger partial charge in [0.05, 0.1) is 30.5 Å². The van der Waals surface area contributed by atoms with E-state index in [1.54, 1.807) is 18.1 Å². The number of carbonyl (C=O) groups excluding carboxylic acids is 1. The lowest BCUT2D eigenvalue weighted by Crippen LogP contribution is -2.28. The predicted molar refractivity (Wildman–Crippen MR) is 132 cm³/mol. The Kier molecular flexibility index (Phi) is 6.37. The van der Waals surface area contributed by atoms with Crippen LogP contribution in [0.1, 0.15) is 34.9 Å². The van der Waals surface area contributed by atoms with Gasteiger partial charge in [0.25, 0.3) is 5.91 Å². The molecule has 1 atom stereocenters. The van der Waals surface area contributed by atoms with Crippen molar-refractivity contribution < 1.29 is 13.9 Å². The molecule has 178 valence electrons. The van der Waals surface area contributed by atoms with Crippen LogP contribution < -0.4 is 4.74 Å². The van der Waals surface area contributed by atoms with Gasteiger partial charge in [-0.15, -0.1) is 5.10 Å². The number of ether oxygens (including phenoxy) is 1. The van der Waals surface area contributed by atoms with Crippen LogP contribution in [0.25, 0.3) is 5.69 Å². The molecule has 1 aliphatic rings. The van der Waals surface area contributed by atoms with E-state index in [4.69, 9.17) is 9.15 Å². The average molecular weight is 489 g/mol. The Bertz CT molecular complexity index is 1340. The van der Waals surface area contributed by atoms with Crippen LogP contribution in [-0.2, 0) is 4.79 Å². The molecule has 0 saturated carbocycles. The third-order valence-corrected chi connectivity index (χ3v) is 6.78. The summed E-state index contributed by atoms with van der Waals surface area (Å²) in [6, 6.07) is 17.0. The second kappa shape index (κ2) is 9.75. The van der Waals surface area contributed by atoms with Crippen molar-refractivity contribution in [1.29, 1.82) is 0 Å². The minimum Gasteiger partial charge on any atom is -0.497 e. The highest BCUT2D eigenvalue weighted by Crippen LogP contribution is 2.34. The van der Waals surface area contributed by atoms with Crippen LogP contribution >= 0.6 is 11.8 Å². The van der Waals surface area contributed by atoms with Gasteiger partial charge in [0.2, 0.25) is 5.16 Å². The first-order valence-corrected chi connectivity index (χ1v) is 12.1. The first kappa shape index (κ1) is 22.9. The highest BCUT2D eigenvalue weighted by atomic mass is 32.2. The Morgan fingerprint density at radius 3 is 2.57 bits per heavy atom. The second-order valence-electron chi connectivity index (χ2n) is 8.15. The summed E-state index contributed by atoms with van der Waals surface area (Å²) in [4.78, 5) is 13.4. The normalized spacial score (nSPS) is 15.3. The van der Waals surface area contributed by atoms with E-state index in [9.17, 15) is 4.79 Å². The lowest BCUT2D eigenvalue weighted by atomic mass is 10.0. The van der Waals surface area contributed by atoms with Crippen molar-refractivity contribution in [3.63, 3.8) is 0 Å². The van der Waals surface area contributed by atoms with Crippen molar-refractivity contribution in [2.75, 3.05) is 12.9 Å². The van der Waals surface area contributed by atoms with Gasteiger partial charge in [-0.1, -0.05) is 30.0 Å². The van der Waals surface area contributed by atoms with Gasteiger partial charge in [0, 0.05) is 6.42 Å². The van der Waals surface area contributed by atoms with Crippen LogP contribution in [0.5, 0.6) is 5.75 Å². The monoisotopic (exact) mass is 488 g/mol. The summed E-state index contributed by atoms with van der Waals surface area (Å²) in [5.74, 6) is 1.43. The topological polar surface area (TPSA) is 98.6 Å². The number of methoxy groups -OCH3 is 1. The number of tetrazole rings is 1. The third-order valence-electron chi connectivity index (χ3n) is 5.88. The fraction of sp³-hybridized carbons (Fsp3) is 0.240. The molecule has 0 spiro atoms. The van der Waals surface area contributed by atoms with E-state index >= 15 is 0 Å². The van der Waals surface area contributed by atoms with E-state index in [0.29, 0.717) is 17.3 Å². The number of hydrogen-bond acceptors (Lipinski definition) is 8. The summed E-state index contributed by atoms with van der Waals surface area (Å²) >= 11 is 1.28. The molecule has 0 N–H and O–H groups in total. The van der Waals surface area contributed by atoms with Gasteiger partial charge in [-0.05, 0) is 77.4 Å². The van der Waals surface area contributed by atoms with E-state index < -0.39 is 0 Å². The smallest absolute Gasteiger partial charge is 0.253 e. The number of rotatable bonds is 7. The molecule has 5 rings (SSSR count). The summed E-state index contributed by atoms with van der Waals surface area (Å²) in [7, 11) is 1.63. The first-order valence-electron chi connectivity index (χ1n) is 11.1. The van der Waals surface area contributed by atoms with Crippen LogP contribution in [0.4, 0.5) is 0 Å². The molecule has 1 amide bonds. The standard InChI is InChI=1S/C25H24N6O3S/c1-16-6-4-7-17(2)24(16)31-25(26-28-29-31)35-15-23(32)30-21(22-8-5-13-34-22)14-20(27-30)18-9-11-19(33-3)12-10-18/h4-13,21H,14-15H2,1-3H3. The number of carbonyl (C=O) groups is 1. The zero-order valence-corrected chi connectivity index (χ0v) is 20.4. The number of aryl methyl sites for hydroxylation is 2. The molecule has 0 fully saturated rings. The van der Waals surface area contributed by atoms with Gasteiger partial charge in [0.1, 0.15) is 17.6 Å². The Hall–Kier alpha value is -3.92. The number of nitrogens with zero attached hydrogens (tertiary/aromatic N) is 6. The van der Waals surface area contributed by atoms with Crippen LogP contribution in [0.3, 0.4) is 0 Å². The largest absolute Gasteiger partial charge is 0.497 e. The van der Waals surface area contributed by atoms with Crippen molar-refractivity contribution >= 4 is 23.4 Å². The summed E-state index contributed by atoms with van der Waals surface area (Å²) in [6.45, 7) is 4.02. The molecule has 0 aliphatic carbocycles. The molecule has 3 heterocycles. The van der Waals surface area contributed by atoms with Crippen LogP contribution in [0.2, 0.25) is 0 Å². The Labute approximate surface area is 206 Å². The highest BCUT2D eigenvalue weighted by Gasteiger charge is 2.35. The van der Waals surface area contributed by atoms with Gasteiger partial charge >= 0.3 is 0 Å². The van der Waals surface area contributed by atoms with Crippen LogP contribution in [0.15, 0.2) is 75.5 Å². The second-order valence-corrected chi connectivity index (χ2v) is 9.09. The third kappa shape index (κ3) is 4.57. The van der Waals surface area contributed by atoms with E-state index in [0.717, 1.165) is 33.8 Å². The molecule has 0 radical (unpaired) electrons. The number of para-hydroxylation sites is 1. The number of thioether (sulfide) groups is 1. The van der Waals surface area contributed by atoms with Gasteiger partial charge in [-0.2, -0.15) is 9.78 Å². The van der Waals surface area contributed by atoms with E-state index in [-0.39, 0.29) is 17.7 Å². The fourth-order valence-corrected chi connectivity index (χ4v) is 4.87. The maximum atomic E-state index is 13.4. The van der Waals surface area contributed by atoms with E-state index in [1.807, 2.05) is 68.4 Å². The number of furan rings is 1. The van der Waals surface area contributed by atoms with Crippen molar-refractivity contribution in [1.82, 2.24) is 25.2 Å². The summed E-state index contributed by atoms with van der Waals surface area (Å²) in [6.07, 6.45) is 2.16.